The number of aromatic nitrogens is 2. The maximum Gasteiger partial charge on any atom is 0.328 e. The van der Waals surface area contributed by atoms with Gasteiger partial charge in [-0.2, -0.15) is 25.3 Å². The predicted octanol–water partition coefficient (Wildman–Crippen LogP) is 0.918. The quantitative estimate of drug-likeness (QED) is 0.725. The fraction of sp³-hybridized carbons (Fsp3) is 0.273. The Kier molecular flexibility index (Phi) is 3.63. The fourth-order valence-corrected chi connectivity index (χ4v) is 1.91. The van der Waals surface area contributed by atoms with Crippen LogP contribution in [0.4, 0.5) is 0 Å². The molecule has 0 saturated carbocycles. The number of fused-ring (bicyclic) bond motifs is 1. The standard InChI is InChI=1S/C11H12N2O2S2/c14-10-8-3-1-2-4-9(8)12-11(15)13(10)5-7(17)6-16/h1-4,7,16-17H,5-6H2,(H,12,15). The van der Waals surface area contributed by atoms with Gasteiger partial charge in [0.25, 0.3) is 5.56 Å². The van der Waals surface area contributed by atoms with E-state index in [1.807, 2.05) is 0 Å². The number of para-hydroxylation sites is 1. The summed E-state index contributed by atoms with van der Waals surface area (Å²) in [5.74, 6) is 0.502. The number of thiol groups is 2. The summed E-state index contributed by atoms with van der Waals surface area (Å²) in [4.78, 5) is 26.5. The van der Waals surface area contributed by atoms with Crippen LogP contribution in [-0.2, 0) is 6.54 Å². The van der Waals surface area contributed by atoms with Crippen molar-refractivity contribution in [2.24, 2.45) is 0 Å². The number of rotatable bonds is 3. The summed E-state index contributed by atoms with van der Waals surface area (Å²) < 4.78 is 1.16. The third-order valence-corrected chi connectivity index (χ3v) is 3.57. The summed E-state index contributed by atoms with van der Waals surface area (Å²) in [5, 5.41) is 0.380. The largest absolute Gasteiger partial charge is 0.328 e. The minimum absolute atomic E-state index is 0.127. The van der Waals surface area contributed by atoms with E-state index >= 15 is 0 Å². The Morgan fingerprint density at radius 3 is 2.71 bits per heavy atom. The number of H-pyrrole nitrogens is 1. The zero-order chi connectivity index (χ0) is 12.4. The van der Waals surface area contributed by atoms with Gasteiger partial charge in [-0.1, -0.05) is 12.1 Å². The number of nitrogens with one attached hydrogen (secondary N) is 1. The topological polar surface area (TPSA) is 54.9 Å². The third kappa shape index (κ3) is 2.42. The monoisotopic (exact) mass is 268 g/mol. The SMILES string of the molecule is O=c1[nH]c2ccccc2c(=O)n1CC(S)CS. The van der Waals surface area contributed by atoms with Crippen molar-refractivity contribution in [3.05, 3.63) is 45.1 Å². The van der Waals surface area contributed by atoms with Crippen LogP contribution in [0.25, 0.3) is 10.9 Å². The van der Waals surface area contributed by atoms with Gasteiger partial charge in [-0.3, -0.25) is 9.36 Å². The lowest BCUT2D eigenvalue weighted by Crippen LogP contribution is -2.37. The van der Waals surface area contributed by atoms with E-state index < -0.39 is 5.69 Å². The fourth-order valence-electron chi connectivity index (χ4n) is 1.63. The summed E-state index contributed by atoms with van der Waals surface area (Å²) in [6, 6.07) is 6.94. The Balaban J connectivity index is 2.64. The molecule has 17 heavy (non-hydrogen) atoms. The van der Waals surface area contributed by atoms with Gasteiger partial charge in [0.1, 0.15) is 0 Å². The number of nitrogens with zero attached hydrogens (tertiary/aromatic N) is 1. The van der Waals surface area contributed by atoms with Crippen molar-refractivity contribution in [3.8, 4) is 0 Å². The molecular formula is C11H12N2O2S2. The second-order valence-electron chi connectivity index (χ2n) is 3.73. The molecule has 0 bridgehead atoms. The minimum atomic E-state index is -0.408. The molecule has 1 N–H and O–H groups in total. The first kappa shape index (κ1) is 12.3. The van der Waals surface area contributed by atoms with Crippen molar-refractivity contribution in [2.75, 3.05) is 5.75 Å². The van der Waals surface area contributed by atoms with Crippen LogP contribution >= 0.6 is 25.3 Å². The van der Waals surface area contributed by atoms with Gasteiger partial charge < -0.3 is 4.98 Å². The molecule has 4 nitrogen and oxygen atoms in total. The molecule has 0 fully saturated rings. The van der Waals surface area contributed by atoms with Crippen molar-refractivity contribution < 1.29 is 0 Å². The summed E-state index contributed by atoms with van der Waals surface area (Å²) in [6.45, 7) is 0.256. The highest BCUT2D eigenvalue weighted by molar-refractivity contribution is 7.84. The predicted molar refractivity (Wildman–Crippen MR) is 75.5 cm³/mol. The van der Waals surface area contributed by atoms with Crippen molar-refractivity contribution in [1.82, 2.24) is 9.55 Å². The van der Waals surface area contributed by atoms with Crippen LogP contribution in [0.1, 0.15) is 0 Å². The molecule has 1 unspecified atom stereocenters. The Hall–Kier alpha value is -1.14. The average Bonchev–Trinajstić information content (AvgIpc) is 2.34. The Bertz CT molecular complexity index is 648. The Morgan fingerprint density at radius 2 is 2.00 bits per heavy atom. The molecule has 0 aliphatic heterocycles. The van der Waals surface area contributed by atoms with Gasteiger partial charge in [-0.05, 0) is 12.1 Å². The summed E-state index contributed by atoms with van der Waals surface area (Å²) in [7, 11) is 0. The summed E-state index contributed by atoms with van der Waals surface area (Å²) in [6.07, 6.45) is 0. The molecule has 1 aromatic heterocycles. The molecule has 1 heterocycles. The molecule has 0 aliphatic carbocycles. The van der Waals surface area contributed by atoms with Crippen LogP contribution in [0, 0.1) is 0 Å². The normalized spacial score (nSPS) is 12.8. The molecule has 6 heteroatoms. The highest BCUT2D eigenvalue weighted by Crippen LogP contribution is 2.04. The molecule has 0 spiro atoms. The van der Waals surface area contributed by atoms with E-state index in [0.717, 1.165) is 4.57 Å². The first-order chi connectivity index (χ1) is 8.13. The van der Waals surface area contributed by atoms with Crippen LogP contribution in [0.5, 0.6) is 0 Å². The number of benzene rings is 1. The lowest BCUT2D eigenvalue weighted by Gasteiger charge is -2.09. The first-order valence-electron chi connectivity index (χ1n) is 5.14. The molecule has 2 rings (SSSR count). The average molecular weight is 268 g/mol. The van der Waals surface area contributed by atoms with Crippen LogP contribution in [-0.4, -0.2) is 20.6 Å². The van der Waals surface area contributed by atoms with Gasteiger partial charge in [0.2, 0.25) is 0 Å². The first-order valence-corrected chi connectivity index (χ1v) is 6.29. The van der Waals surface area contributed by atoms with Gasteiger partial charge in [0.05, 0.1) is 10.9 Å². The minimum Gasteiger partial charge on any atom is -0.307 e. The van der Waals surface area contributed by atoms with E-state index in [0.29, 0.717) is 16.7 Å². The van der Waals surface area contributed by atoms with Gasteiger partial charge in [0, 0.05) is 17.5 Å². The molecule has 1 aromatic carbocycles. The van der Waals surface area contributed by atoms with Crippen molar-refractivity contribution >= 4 is 36.2 Å². The van der Waals surface area contributed by atoms with Crippen LogP contribution in [0.3, 0.4) is 0 Å². The highest BCUT2D eigenvalue weighted by Gasteiger charge is 2.09. The molecule has 0 amide bonds. The smallest absolute Gasteiger partial charge is 0.307 e. The molecule has 0 aliphatic rings. The number of aromatic amines is 1. The zero-order valence-corrected chi connectivity index (χ0v) is 10.7. The van der Waals surface area contributed by atoms with E-state index in [-0.39, 0.29) is 17.4 Å². The molecule has 2 aromatic rings. The molecule has 90 valence electrons. The highest BCUT2D eigenvalue weighted by atomic mass is 32.1. The van der Waals surface area contributed by atoms with Crippen molar-refractivity contribution in [3.63, 3.8) is 0 Å². The molecular weight excluding hydrogens is 256 g/mol. The van der Waals surface area contributed by atoms with Crippen molar-refractivity contribution in [2.45, 2.75) is 11.8 Å². The number of hydrogen-bond acceptors (Lipinski definition) is 4. The zero-order valence-electron chi connectivity index (χ0n) is 8.96. The lowest BCUT2D eigenvalue weighted by atomic mass is 10.2. The van der Waals surface area contributed by atoms with Crippen LogP contribution in [0.15, 0.2) is 33.9 Å². The molecule has 1 atom stereocenters. The summed E-state index contributed by atoms with van der Waals surface area (Å²) >= 11 is 8.33. The van der Waals surface area contributed by atoms with E-state index in [1.54, 1.807) is 24.3 Å². The second-order valence-corrected chi connectivity index (χ2v) is 4.82. The van der Waals surface area contributed by atoms with E-state index in [4.69, 9.17) is 0 Å². The molecule has 0 radical (unpaired) electrons. The lowest BCUT2D eigenvalue weighted by molar-refractivity contribution is 0.639. The van der Waals surface area contributed by atoms with Gasteiger partial charge >= 0.3 is 5.69 Å². The maximum atomic E-state index is 12.1. The maximum absolute atomic E-state index is 12.1. The summed E-state index contributed by atoms with van der Waals surface area (Å²) in [5.41, 5.74) is -0.139. The van der Waals surface area contributed by atoms with Crippen LogP contribution < -0.4 is 11.2 Å². The van der Waals surface area contributed by atoms with Gasteiger partial charge in [0.15, 0.2) is 0 Å². The second kappa shape index (κ2) is 5.01. The Labute approximate surface area is 108 Å². The van der Waals surface area contributed by atoms with E-state index in [1.165, 1.54) is 0 Å². The Morgan fingerprint density at radius 1 is 1.29 bits per heavy atom. The van der Waals surface area contributed by atoms with E-state index in [9.17, 15) is 9.59 Å². The molecule has 0 saturated heterocycles. The van der Waals surface area contributed by atoms with Gasteiger partial charge in [-0.15, -0.1) is 0 Å². The number of hydrogen-bond donors (Lipinski definition) is 3. The van der Waals surface area contributed by atoms with Crippen molar-refractivity contribution in [1.29, 1.82) is 0 Å². The van der Waals surface area contributed by atoms with Crippen LogP contribution in [0.2, 0.25) is 0 Å². The van der Waals surface area contributed by atoms with E-state index in [2.05, 4.69) is 30.2 Å². The third-order valence-electron chi connectivity index (χ3n) is 2.49. The van der Waals surface area contributed by atoms with Gasteiger partial charge in [-0.25, -0.2) is 4.79 Å².